The van der Waals surface area contributed by atoms with E-state index in [9.17, 15) is 9.18 Å². The number of oxazole rings is 1. The minimum absolute atomic E-state index is 0.326. The first-order valence-corrected chi connectivity index (χ1v) is 8.17. The summed E-state index contributed by atoms with van der Waals surface area (Å²) >= 11 is 1.30. The van der Waals surface area contributed by atoms with Crippen LogP contribution in [0.15, 0.2) is 63.7 Å². The highest BCUT2D eigenvalue weighted by Crippen LogP contribution is 2.25. The molecule has 0 unspecified atom stereocenters. The smallest absolute Gasteiger partial charge is 0.334 e. The van der Waals surface area contributed by atoms with Gasteiger partial charge in [0.1, 0.15) is 11.3 Å². The Kier molecular flexibility index (Phi) is 4.96. The molecule has 0 aliphatic rings. The highest BCUT2D eigenvalue weighted by Gasteiger charge is 2.13. The number of halogens is 1. The first-order chi connectivity index (χ1) is 11.7. The van der Waals surface area contributed by atoms with E-state index >= 15 is 0 Å². The van der Waals surface area contributed by atoms with Gasteiger partial charge < -0.3 is 9.15 Å². The molecule has 24 heavy (non-hydrogen) atoms. The van der Waals surface area contributed by atoms with E-state index < -0.39 is 5.97 Å². The Morgan fingerprint density at radius 3 is 2.71 bits per heavy atom. The van der Waals surface area contributed by atoms with Crippen LogP contribution in [0.4, 0.5) is 4.39 Å². The van der Waals surface area contributed by atoms with Crippen LogP contribution in [0.25, 0.3) is 17.2 Å². The number of benzene rings is 2. The molecule has 0 amide bonds. The van der Waals surface area contributed by atoms with E-state index in [4.69, 9.17) is 9.15 Å². The van der Waals surface area contributed by atoms with Gasteiger partial charge in [-0.3, -0.25) is 0 Å². The van der Waals surface area contributed by atoms with Gasteiger partial charge >= 0.3 is 5.97 Å². The molecule has 2 aromatic carbocycles. The largest absolute Gasteiger partial charge is 0.466 e. The molecule has 0 fully saturated rings. The summed E-state index contributed by atoms with van der Waals surface area (Å²) in [4.78, 5) is 16.3. The number of nitrogens with zero attached hydrogens (tertiary/aromatic N) is 1. The number of rotatable bonds is 5. The molecule has 1 heterocycles. The maximum Gasteiger partial charge on any atom is 0.334 e. The second-order valence-electron chi connectivity index (χ2n) is 4.95. The Balaban J connectivity index is 1.79. The lowest BCUT2D eigenvalue weighted by Crippen LogP contribution is -2.07. The number of esters is 1. The fourth-order valence-corrected chi connectivity index (χ4v) is 2.89. The molecule has 122 valence electrons. The molecule has 0 N–H and O–H groups in total. The van der Waals surface area contributed by atoms with Crippen LogP contribution < -0.4 is 0 Å². The van der Waals surface area contributed by atoms with E-state index in [1.165, 1.54) is 31.0 Å². The molecule has 1 aromatic heterocycles. The van der Waals surface area contributed by atoms with Gasteiger partial charge in [-0.1, -0.05) is 36.0 Å². The van der Waals surface area contributed by atoms with Crippen molar-refractivity contribution >= 4 is 34.9 Å². The highest BCUT2D eigenvalue weighted by molar-refractivity contribution is 7.99. The highest BCUT2D eigenvalue weighted by atomic mass is 32.2. The lowest BCUT2D eigenvalue weighted by molar-refractivity contribution is -0.135. The second kappa shape index (κ2) is 7.31. The van der Waals surface area contributed by atoms with Crippen molar-refractivity contribution in [1.82, 2.24) is 4.98 Å². The Morgan fingerprint density at radius 2 is 2.00 bits per heavy atom. The number of hydrogen-bond acceptors (Lipinski definition) is 5. The zero-order valence-corrected chi connectivity index (χ0v) is 13.7. The summed E-state index contributed by atoms with van der Waals surface area (Å²) in [6, 6.07) is 13.3. The predicted octanol–water partition coefficient (Wildman–Crippen LogP) is 4.32. The molecule has 0 spiro atoms. The van der Waals surface area contributed by atoms with Gasteiger partial charge in [0.05, 0.1) is 7.11 Å². The summed E-state index contributed by atoms with van der Waals surface area (Å²) in [7, 11) is 1.32. The monoisotopic (exact) mass is 343 g/mol. The van der Waals surface area contributed by atoms with Gasteiger partial charge in [-0.15, -0.1) is 0 Å². The molecule has 0 saturated carbocycles. The van der Waals surface area contributed by atoms with Crippen LogP contribution >= 0.6 is 11.8 Å². The van der Waals surface area contributed by atoms with Crippen molar-refractivity contribution in [2.75, 3.05) is 12.9 Å². The second-order valence-corrected chi connectivity index (χ2v) is 5.88. The van der Waals surface area contributed by atoms with E-state index in [0.717, 1.165) is 11.1 Å². The van der Waals surface area contributed by atoms with Crippen molar-refractivity contribution in [3.8, 4) is 0 Å². The lowest BCUT2D eigenvalue weighted by Gasteiger charge is -2.04. The first kappa shape index (κ1) is 16.3. The molecule has 0 aliphatic carbocycles. The molecular weight excluding hydrogens is 329 g/mol. The summed E-state index contributed by atoms with van der Waals surface area (Å²) in [5.41, 5.74) is 2.62. The molecule has 6 heteroatoms. The molecule has 0 radical (unpaired) electrons. The van der Waals surface area contributed by atoms with Crippen LogP contribution in [0.3, 0.4) is 0 Å². The number of fused-ring (bicyclic) bond motifs is 1. The van der Waals surface area contributed by atoms with Crippen LogP contribution in [0.1, 0.15) is 5.56 Å². The predicted molar refractivity (Wildman–Crippen MR) is 91.1 cm³/mol. The summed E-state index contributed by atoms with van der Waals surface area (Å²) in [5, 5.41) is 0.477. The fourth-order valence-electron chi connectivity index (χ4n) is 2.10. The van der Waals surface area contributed by atoms with Gasteiger partial charge in [-0.2, -0.15) is 0 Å². The van der Waals surface area contributed by atoms with Gasteiger partial charge in [0.2, 0.25) is 0 Å². The quantitative estimate of drug-likeness (QED) is 0.392. The molecule has 3 aromatic rings. The summed E-state index contributed by atoms with van der Waals surface area (Å²) in [5.74, 6) is -0.438. The van der Waals surface area contributed by atoms with E-state index in [1.54, 1.807) is 18.2 Å². The van der Waals surface area contributed by atoms with Crippen molar-refractivity contribution in [3.63, 3.8) is 0 Å². The van der Waals surface area contributed by atoms with Gasteiger partial charge in [-0.25, -0.2) is 14.2 Å². The number of thioether (sulfide) groups is 1. The first-order valence-electron chi connectivity index (χ1n) is 7.18. The molecule has 0 saturated heterocycles. The average molecular weight is 343 g/mol. The zero-order valence-electron chi connectivity index (χ0n) is 12.9. The Labute approximate surface area is 142 Å². The Bertz CT molecular complexity index is 854. The molecule has 0 bridgehead atoms. The topological polar surface area (TPSA) is 52.3 Å². The van der Waals surface area contributed by atoms with Gasteiger partial charge in [0.15, 0.2) is 5.58 Å². The maximum absolute atomic E-state index is 13.0. The van der Waals surface area contributed by atoms with Gasteiger partial charge in [0.25, 0.3) is 5.22 Å². The van der Waals surface area contributed by atoms with Gasteiger partial charge in [0, 0.05) is 11.3 Å². The standard InChI is InChI=1S/C18H14FNO3S/c1-22-17(21)13(10-12-6-8-14(19)9-7-12)11-24-18-20-15-4-2-3-5-16(15)23-18/h2-10H,11H2,1H3/b13-10+. The van der Waals surface area contributed by atoms with E-state index in [-0.39, 0.29) is 5.82 Å². The number of carbonyl (C=O) groups is 1. The fraction of sp³-hybridized carbons (Fsp3) is 0.111. The van der Waals surface area contributed by atoms with Crippen LogP contribution in [0, 0.1) is 5.82 Å². The van der Waals surface area contributed by atoms with Crippen molar-refractivity contribution < 1.29 is 18.3 Å². The van der Waals surface area contributed by atoms with Crippen molar-refractivity contribution in [1.29, 1.82) is 0 Å². The van der Waals surface area contributed by atoms with E-state index in [0.29, 0.717) is 22.1 Å². The minimum atomic E-state index is -0.442. The van der Waals surface area contributed by atoms with Crippen molar-refractivity contribution in [2.45, 2.75) is 5.22 Å². The molecule has 0 atom stereocenters. The number of carbonyl (C=O) groups excluding carboxylic acids is 1. The molecule has 3 rings (SSSR count). The Hall–Kier alpha value is -2.60. The minimum Gasteiger partial charge on any atom is -0.466 e. The van der Waals surface area contributed by atoms with Crippen molar-refractivity contribution in [2.24, 2.45) is 0 Å². The van der Waals surface area contributed by atoms with Crippen LogP contribution in [-0.4, -0.2) is 23.8 Å². The summed E-state index contributed by atoms with van der Waals surface area (Å²) in [6.07, 6.45) is 1.67. The van der Waals surface area contributed by atoms with Crippen LogP contribution in [0.2, 0.25) is 0 Å². The zero-order chi connectivity index (χ0) is 16.9. The van der Waals surface area contributed by atoms with Gasteiger partial charge in [-0.05, 0) is 35.9 Å². The van der Waals surface area contributed by atoms with Crippen LogP contribution in [0.5, 0.6) is 0 Å². The third-order valence-electron chi connectivity index (χ3n) is 3.28. The lowest BCUT2D eigenvalue weighted by atomic mass is 10.1. The number of methoxy groups -OCH3 is 1. The van der Waals surface area contributed by atoms with Crippen LogP contribution in [-0.2, 0) is 9.53 Å². The Morgan fingerprint density at radius 1 is 1.25 bits per heavy atom. The average Bonchev–Trinajstić information content (AvgIpc) is 3.02. The number of ether oxygens (including phenoxy) is 1. The number of para-hydroxylation sites is 2. The summed E-state index contributed by atoms with van der Waals surface area (Å²) in [6.45, 7) is 0. The molecule has 0 aliphatic heterocycles. The maximum atomic E-state index is 13.0. The van der Waals surface area contributed by atoms with E-state index in [1.807, 2.05) is 24.3 Å². The molecule has 4 nitrogen and oxygen atoms in total. The number of hydrogen-bond donors (Lipinski definition) is 0. The summed E-state index contributed by atoms with van der Waals surface area (Å²) < 4.78 is 23.4. The third-order valence-corrected chi connectivity index (χ3v) is 4.16. The normalized spacial score (nSPS) is 11.7. The molecular formula is C18H14FNO3S. The van der Waals surface area contributed by atoms with E-state index in [2.05, 4.69) is 4.98 Å². The SMILES string of the molecule is COC(=O)/C(=C/c1ccc(F)cc1)CSc1nc2ccccc2o1. The number of aromatic nitrogens is 1. The van der Waals surface area contributed by atoms with Crippen molar-refractivity contribution in [3.05, 3.63) is 65.5 Å². The third kappa shape index (κ3) is 3.83.